The largest absolute Gasteiger partial charge is 0.296 e. The molecule has 1 N–H and O–H groups in total. The maximum Gasteiger partial charge on any atom is 0.296 e. The maximum absolute atomic E-state index is 11.6. The molecule has 0 aliphatic heterocycles. The van der Waals surface area contributed by atoms with Crippen LogP contribution in [0.15, 0.2) is 52.3 Å². The molecule has 30 heavy (non-hydrogen) atoms. The van der Waals surface area contributed by atoms with Crippen LogP contribution in [0.25, 0.3) is 0 Å². The van der Waals surface area contributed by atoms with E-state index in [-0.39, 0.29) is 16.4 Å². The van der Waals surface area contributed by atoms with Gasteiger partial charge in [0.05, 0.1) is 16.4 Å². The van der Waals surface area contributed by atoms with E-state index in [4.69, 9.17) is 8.74 Å². The predicted molar refractivity (Wildman–Crippen MR) is 119 cm³/mol. The highest BCUT2D eigenvalue weighted by Gasteiger charge is 2.15. The summed E-state index contributed by atoms with van der Waals surface area (Å²) in [7, 11) is -7.63. The minimum absolute atomic E-state index is 0.0431. The minimum Gasteiger partial charge on any atom is -0.282 e. The molecule has 0 atom stereocenters. The molecule has 0 aliphatic rings. The van der Waals surface area contributed by atoms with Gasteiger partial charge in [-0.25, -0.2) is 0 Å². The number of aryl methyl sites for hydroxylation is 3. The van der Waals surface area contributed by atoms with E-state index in [9.17, 15) is 16.8 Å². The van der Waals surface area contributed by atoms with Crippen molar-refractivity contribution in [3.05, 3.63) is 59.2 Å². The van der Waals surface area contributed by atoms with Crippen LogP contribution < -0.4 is 0 Å². The second-order valence-corrected chi connectivity index (χ2v) is 10.1. The predicted octanol–water partition coefficient (Wildman–Crippen LogP) is 5.08. The highest BCUT2D eigenvalue weighted by Crippen LogP contribution is 2.19. The van der Waals surface area contributed by atoms with E-state index in [0.29, 0.717) is 12.0 Å². The maximum atomic E-state index is 11.6. The second-order valence-electron chi connectivity index (χ2n) is 7.13. The molecule has 0 saturated carbocycles. The molecule has 2 rings (SSSR count). The molecule has 0 amide bonds. The van der Waals surface area contributed by atoms with Gasteiger partial charge in [-0.2, -0.15) is 16.8 Å². The van der Waals surface area contributed by atoms with E-state index in [1.54, 1.807) is 30.3 Å². The van der Waals surface area contributed by atoms with Gasteiger partial charge in [0.1, 0.15) is 0 Å². The van der Waals surface area contributed by atoms with Crippen molar-refractivity contribution in [2.75, 3.05) is 6.61 Å². The monoisotopic (exact) mass is 456 g/mol. The van der Waals surface area contributed by atoms with Crippen LogP contribution in [0, 0.1) is 13.8 Å². The molecule has 2 aromatic rings. The summed E-state index contributed by atoms with van der Waals surface area (Å²) in [4.78, 5) is 0.269. The quantitative estimate of drug-likeness (QED) is 0.321. The molecule has 0 spiro atoms. The third-order valence-electron chi connectivity index (χ3n) is 4.34. The molecule has 0 radical (unpaired) electrons. The molecule has 0 unspecified atom stereocenters. The second kappa shape index (κ2) is 12.2. The first-order valence-electron chi connectivity index (χ1n) is 10.0. The summed E-state index contributed by atoms with van der Waals surface area (Å²) in [5, 5.41) is 0. The summed E-state index contributed by atoms with van der Waals surface area (Å²) >= 11 is 0. The Morgan fingerprint density at radius 3 is 1.93 bits per heavy atom. The van der Waals surface area contributed by atoms with Crippen molar-refractivity contribution in [2.24, 2.45) is 0 Å². The van der Waals surface area contributed by atoms with E-state index in [1.165, 1.54) is 6.07 Å². The summed E-state index contributed by atoms with van der Waals surface area (Å²) in [6.45, 7) is 8.11. The fourth-order valence-electron chi connectivity index (χ4n) is 2.61. The SMILES string of the molecule is CCCCOS(=O)(=O)c1ccc(C)cc1.CCCCc1cc(C)ccc1S(=O)(=O)O. The molecule has 0 heterocycles. The van der Waals surface area contributed by atoms with Gasteiger partial charge in [0, 0.05) is 0 Å². The fourth-order valence-corrected chi connectivity index (χ4v) is 4.28. The number of rotatable bonds is 9. The third-order valence-corrected chi connectivity index (χ3v) is 6.62. The molecule has 2 aromatic carbocycles. The Morgan fingerprint density at radius 1 is 0.833 bits per heavy atom. The first-order valence-corrected chi connectivity index (χ1v) is 12.9. The third kappa shape index (κ3) is 8.95. The van der Waals surface area contributed by atoms with Crippen molar-refractivity contribution in [1.82, 2.24) is 0 Å². The number of unbranched alkanes of at least 4 members (excludes halogenated alkanes) is 2. The lowest BCUT2D eigenvalue weighted by Gasteiger charge is -2.07. The molecular weight excluding hydrogens is 424 g/mol. The van der Waals surface area contributed by atoms with Gasteiger partial charge in [0.2, 0.25) is 0 Å². The molecule has 0 fully saturated rings. The van der Waals surface area contributed by atoms with Gasteiger partial charge in [-0.1, -0.05) is 62.1 Å². The number of benzene rings is 2. The number of hydrogen-bond donors (Lipinski definition) is 1. The van der Waals surface area contributed by atoms with Crippen molar-refractivity contribution in [1.29, 1.82) is 0 Å². The van der Waals surface area contributed by atoms with Crippen LogP contribution in [0.4, 0.5) is 0 Å². The summed E-state index contributed by atoms with van der Waals surface area (Å²) in [6, 6.07) is 11.6. The zero-order chi connectivity index (χ0) is 22.8. The van der Waals surface area contributed by atoms with Gasteiger partial charge >= 0.3 is 0 Å². The summed E-state index contributed by atoms with van der Waals surface area (Å²) < 4.78 is 59.3. The van der Waals surface area contributed by atoms with Crippen molar-refractivity contribution in [3.8, 4) is 0 Å². The average molecular weight is 457 g/mol. The van der Waals surface area contributed by atoms with Crippen LogP contribution >= 0.6 is 0 Å². The minimum atomic E-state index is -4.08. The van der Waals surface area contributed by atoms with Crippen LogP contribution in [0.5, 0.6) is 0 Å². The van der Waals surface area contributed by atoms with Gasteiger partial charge < -0.3 is 0 Å². The van der Waals surface area contributed by atoms with Crippen LogP contribution in [0.3, 0.4) is 0 Å². The molecule has 6 nitrogen and oxygen atoms in total. The summed E-state index contributed by atoms with van der Waals surface area (Å²) in [5.41, 5.74) is 2.75. The Balaban J connectivity index is 0.000000300. The molecule has 0 aliphatic carbocycles. The molecular formula is C22H32O6S2. The smallest absolute Gasteiger partial charge is 0.282 e. The van der Waals surface area contributed by atoms with Gasteiger partial charge in [0.25, 0.3) is 20.2 Å². The van der Waals surface area contributed by atoms with Gasteiger partial charge in [-0.05, 0) is 56.9 Å². The highest BCUT2D eigenvalue weighted by molar-refractivity contribution is 7.86. The van der Waals surface area contributed by atoms with Crippen molar-refractivity contribution in [2.45, 2.75) is 69.6 Å². The van der Waals surface area contributed by atoms with E-state index in [0.717, 1.165) is 36.8 Å². The van der Waals surface area contributed by atoms with E-state index in [1.807, 2.05) is 33.8 Å². The summed E-state index contributed by atoms with van der Waals surface area (Å²) in [6.07, 6.45) is 4.28. The molecule has 0 saturated heterocycles. The van der Waals surface area contributed by atoms with E-state index in [2.05, 4.69) is 0 Å². The van der Waals surface area contributed by atoms with Crippen LogP contribution in [0.1, 0.15) is 56.2 Å². The van der Waals surface area contributed by atoms with Crippen LogP contribution in [-0.2, 0) is 30.8 Å². The first kappa shape index (κ1) is 26.3. The Hall–Kier alpha value is -1.74. The summed E-state index contributed by atoms with van der Waals surface area (Å²) in [5.74, 6) is 0. The normalized spacial score (nSPS) is 11.6. The van der Waals surface area contributed by atoms with Gasteiger partial charge in [-0.15, -0.1) is 0 Å². The van der Waals surface area contributed by atoms with Crippen LogP contribution in [0.2, 0.25) is 0 Å². The van der Waals surface area contributed by atoms with E-state index < -0.39 is 20.2 Å². The lowest BCUT2D eigenvalue weighted by Crippen LogP contribution is -2.07. The Kier molecular flexibility index (Phi) is 10.7. The molecule has 0 aromatic heterocycles. The molecule has 8 heteroatoms. The number of hydrogen-bond acceptors (Lipinski definition) is 5. The highest BCUT2D eigenvalue weighted by atomic mass is 32.2. The fraction of sp³-hybridized carbons (Fsp3) is 0.455. The molecule has 168 valence electrons. The molecule has 0 bridgehead atoms. The van der Waals surface area contributed by atoms with Crippen molar-refractivity contribution < 1.29 is 25.6 Å². The lowest BCUT2D eigenvalue weighted by molar-refractivity contribution is 0.311. The standard InChI is InChI=1S/2C11H16O3S/c1-3-4-9-14-15(12,13)11-7-5-10(2)6-8-11;1-3-4-5-10-8-9(2)6-7-11(10)15(12,13)14/h5-8H,3-4,9H2,1-2H3;6-8H,3-5H2,1-2H3,(H,12,13,14). The van der Waals surface area contributed by atoms with E-state index >= 15 is 0 Å². The average Bonchev–Trinajstić information content (AvgIpc) is 2.66. The Bertz CT molecular complexity index is 994. The van der Waals surface area contributed by atoms with Crippen molar-refractivity contribution in [3.63, 3.8) is 0 Å². The van der Waals surface area contributed by atoms with Gasteiger partial charge in [-0.3, -0.25) is 8.74 Å². The van der Waals surface area contributed by atoms with Crippen molar-refractivity contribution >= 4 is 20.2 Å². The zero-order valence-corrected chi connectivity index (χ0v) is 19.7. The lowest BCUT2D eigenvalue weighted by atomic mass is 10.1. The topological polar surface area (TPSA) is 97.7 Å². The zero-order valence-electron chi connectivity index (χ0n) is 18.1. The van der Waals surface area contributed by atoms with Crippen LogP contribution in [-0.4, -0.2) is 28.0 Å². The Morgan fingerprint density at radius 2 is 1.40 bits per heavy atom. The van der Waals surface area contributed by atoms with Gasteiger partial charge in [0.15, 0.2) is 0 Å². The Labute approximate surface area is 181 Å². The first-order chi connectivity index (χ1) is 14.0.